The molecule has 238 valence electrons. The van der Waals surface area contributed by atoms with Crippen molar-refractivity contribution >= 4 is 65.6 Å². The Morgan fingerprint density at radius 2 is 1.12 bits per heavy atom. The van der Waals surface area contributed by atoms with Crippen LogP contribution in [0.3, 0.4) is 0 Å². The Kier molecular flexibility index (Phi) is 4.59. The van der Waals surface area contributed by atoms with Gasteiger partial charge in [-0.05, 0) is 42.4 Å². The molecule has 0 saturated heterocycles. The third kappa shape index (κ3) is 4.14. The van der Waals surface area contributed by atoms with Crippen LogP contribution in [0, 0.1) is 0 Å². The summed E-state index contributed by atoms with van der Waals surface area (Å²) in [5.74, 6) is 0.767. The lowest BCUT2D eigenvalue weighted by Crippen LogP contribution is -2.07. The van der Waals surface area contributed by atoms with Gasteiger partial charge in [-0.2, -0.15) is 9.97 Å². The van der Waals surface area contributed by atoms with E-state index in [9.17, 15) is 4.11 Å². The topological polar surface area (TPSA) is 61.7 Å². The summed E-state index contributed by atoms with van der Waals surface area (Å²) in [7, 11) is 0. The van der Waals surface area contributed by atoms with Gasteiger partial charge < -0.3 is 8.98 Å². The molecule has 7 aromatic carbocycles. The molecule has 0 unspecified atom stereocenters. The maximum absolute atomic E-state index is 9.56. The number of aromatic nitrogens is 5. The van der Waals surface area contributed by atoms with E-state index in [0.29, 0.717) is 61.5 Å². The first-order valence-electron chi connectivity index (χ1n) is 20.0. The zero-order chi connectivity index (χ0) is 39.6. The molecule has 0 aliphatic rings. The normalized spacial score (nSPS) is 13.8. The van der Waals surface area contributed by atoms with Gasteiger partial charge in [-0.3, -0.25) is 4.57 Å². The van der Waals surface area contributed by atoms with Crippen molar-refractivity contribution < 1.29 is 14.0 Å². The Bertz CT molecular complexity index is 3540. The fourth-order valence-corrected chi connectivity index (χ4v) is 7.18. The van der Waals surface area contributed by atoms with Crippen molar-refractivity contribution in [2.75, 3.05) is 0 Å². The first-order valence-corrected chi connectivity index (χ1v) is 16.5. The lowest BCUT2D eigenvalue weighted by molar-refractivity contribution is 0.669. The van der Waals surface area contributed by atoms with Crippen LogP contribution < -0.4 is 0 Å². The van der Waals surface area contributed by atoms with E-state index in [1.54, 1.807) is 15.2 Å². The number of fused-ring (bicyclic) bond motifs is 10. The number of hydrogen-bond donors (Lipinski definition) is 0. The molecule has 11 rings (SSSR count). The molecule has 0 fully saturated rings. The summed E-state index contributed by atoms with van der Waals surface area (Å²) in [4.78, 5) is 15.1. The van der Waals surface area contributed by atoms with Crippen molar-refractivity contribution in [1.29, 1.82) is 0 Å². The number of benzene rings is 7. The molecule has 51 heavy (non-hydrogen) atoms. The average Bonchev–Trinajstić information content (AvgIpc) is 3.91. The van der Waals surface area contributed by atoms with Crippen LogP contribution >= 0.6 is 0 Å². The van der Waals surface area contributed by atoms with E-state index in [4.69, 9.17) is 24.9 Å². The summed E-state index contributed by atoms with van der Waals surface area (Å²) in [5.41, 5.74) is 4.69. The van der Waals surface area contributed by atoms with E-state index in [-0.39, 0.29) is 64.4 Å². The van der Waals surface area contributed by atoms with Crippen LogP contribution in [-0.4, -0.2) is 24.1 Å². The average molecular weight is 661 g/mol. The van der Waals surface area contributed by atoms with Crippen LogP contribution in [0.25, 0.3) is 100.0 Å². The first kappa shape index (κ1) is 21.8. The molecule has 0 N–H and O–H groups in total. The van der Waals surface area contributed by atoms with Crippen LogP contribution in [-0.2, 0) is 0 Å². The predicted octanol–water partition coefficient (Wildman–Crippen LogP) is 11.3. The Labute approximate surface area is 301 Å². The lowest BCUT2D eigenvalue weighted by atomic mass is 10.1. The van der Waals surface area contributed by atoms with E-state index in [1.807, 2.05) is 103 Å². The maximum Gasteiger partial charge on any atom is 0.238 e. The van der Waals surface area contributed by atoms with Gasteiger partial charge in [-0.1, -0.05) is 121 Å². The molecular formula is C45H27N5O. The van der Waals surface area contributed by atoms with Crippen molar-refractivity contribution in [3.63, 3.8) is 0 Å². The van der Waals surface area contributed by atoms with E-state index < -0.39 is 0 Å². The lowest BCUT2D eigenvalue weighted by Gasteiger charge is -2.13. The molecule has 0 radical (unpaired) electrons. The van der Waals surface area contributed by atoms with Gasteiger partial charge in [-0.25, -0.2) is 4.98 Å². The number of hydrogen-bond acceptors (Lipinski definition) is 4. The third-order valence-electron chi connectivity index (χ3n) is 9.42. The molecule has 0 bridgehead atoms. The summed E-state index contributed by atoms with van der Waals surface area (Å²) in [5, 5.41) is 2.98. The summed E-state index contributed by atoms with van der Waals surface area (Å²) >= 11 is 0. The van der Waals surface area contributed by atoms with E-state index in [1.165, 1.54) is 12.1 Å². The quantitative estimate of drug-likeness (QED) is 0.188. The fraction of sp³-hybridized carbons (Fsp3) is 0. The zero-order valence-electron chi connectivity index (χ0n) is 33.7. The Morgan fingerprint density at radius 1 is 0.451 bits per heavy atom. The van der Waals surface area contributed by atoms with Gasteiger partial charge in [0.15, 0.2) is 11.6 Å². The second kappa shape index (κ2) is 10.7. The molecule has 11 aromatic rings. The van der Waals surface area contributed by atoms with Gasteiger partial charge in [0.25, 0.3) is 0 Å². The minimum Gasteiger partial charge on any atom is -0.456 e. The molecule has 6 heteroatoms. The molecule has 0 saturated carbocycles. The van der Waals surface area contributed by atoms with Gasteiger partial charge in [0.05, 0.1) is 31.7 Å². The Morgan fingerprint density at radius 3 is 1.96 bits per heavy atom. The highest BCUT2D eigenvalue weighted by Gasteiger charge is 2.23. The second-order valence-electron chi connectivity index (χ2n) is 12.3. The van der Waals surface area contributed by atoms with Gasteiger partial charge >= 0.3 is 0 Å². The first-order chi connectivity index (χ1) is 28.2. The van der Waals surface area contributed by atoms with Crippen LogP contribution in [0.4, 0.5) is 0 Å². The molecule has 0 aliphatic heterocycles. The highest BCUT2D eigenvalue weighted by molar-refractivity contribution is 6.23. The van der Waals surface area contributed by atoms with E-state index in [2.05, 4.69) is 0 Å². The van der Waals surface area contributed by atoms with E-state index in [0.717, 1.165) is 16.4 Å². The third-order valence-corrected chi connectivity index (χ3v) is 9.42. The van der Waals surface area contributed by atoms with Crippen molar-refractivity contribution in [3.8, 4) is 34.4 Å². The largest absolute Gasteiger partial charge is 0.456 e. The molecule has 6 nitrogen and oxygen atoms in total. The van der Waals surface area contributed by atoms with Crippen LogP contribution in [0.1, 0.15) is 9.60 Å². The van der Waals surface area contributed by atoms with Crippen molar-refractivity contribution in [2.24, 2.45) is 0 Å². The molecule has 4 heterocycles. The van der Waals surface area contributed by atoms with Crippen molar-refractivity contribution in [1.82, 2.24) is 24.1 Å². The van der Waals surface area contributed by atoms with Crippen LogP contribution in [0.2, 0.25) is 0 Å². The monoisotopic (exact) mass is 660 g/mol. The van der Waals surface area contributed by atoms with Gasteiger partial charge in [-0.15, -0.1) is 0 Å². The highest BCUT2D eigenvalue weighted by atomic mass is 16.3. The molecule has 0 amide bonds. The molecular weight excluding hydrogens is 627 g/mol. The van der Waals surface area contributed by atoms with Gasteiger partial charge in [0, 0.05) is 49.1 Å². The molecule has 0 atom stereocenters. The van der Waals surface area contributed by atoms with Crippen LogP contribution in [0.5, 0.6) is 0 Å². The number of nitrogens with zero attached hydrogens (tertiary/aromatic N) is 5. The number of furan rings is 1. The second-order valence-corrected chi connectivity index (χ2v) is 12.3. The highest BCUT2D eigenvalue weighted by Crippen LogP contribution is 2.41. The minimum absolute atomic E-state index is 0.0251. The molecule has 4 aromatic heterocycles. The fourth-order valence-electron chi connectivity index (χ4n) is 7.18. The van der Waals surface area contributed by atoms with Crippen molar-refractivity contribution in [2.45, 2.75) is 0 Å². The summed E-state index contributed by atoms with van der Waals surface area (Å²) in [6, 6.07) is 35.9. The minimum atomic E-state index is -0.206. The van der Waals surface area contributed by atoms with Crippen molar-refractivity contribution in [3.05, 3.63) is 164 Å². The predicted molar refractivity (Wildman–Crippen MR) is 207 cm³/mol. The smallest absolute Gasteiger partial charge is 0.238 e. The maximum atomic E-state index is 9.56. The van der Waals surface area contributed by atoms with Gasteiger partial charge in [0.1, 0.15) is 11.2 Å². The molecule has 0 aliphatic carbocycles. The Hall–Kier alpha value is -7.05. The summed E-state index contributed by atoms with van der Waals surface area (Å²) in [6.07, 6.45) is 0. The SMILES string of the molecule is [2H]c1cc([2H])c2c(c1)c1c([2H])c([2H])c3c4c([2H])c([2H])cc([2H])c4n(-c4ccccc4)c3c1n2-c1nc(-c2ccccc2)nc(-c2ccc3c(c2)oc2ccccc23)n1. The zero-order valence-corrected chi connectivity index (χ0v) is 26.7. The summed E-state index contributed by atoms with van der Waals surface area (Å²) in [6.45, 7) is 0. The standard InChI is InChI=1S/C45H27N5O/c1-3-13-28(14-4-1)43-46-44(29-23-24-34-33-19-9-12-22-39(33)51-40(34)27-29)48-45(47-43)50-38-21-11-8-18-32(38)36-26-25-35-31-17-7-10-20-37(31)49(41(35)42(36)50)30-15-5-2-6-16-30/h1-27H/i7D,8D,17D,20D,21D,25D,26D. The number of rotatable bonds is 4. The van der Waals surface area contributed by atoms with Gasteiger partial charge in [0.2, 0.25) is 5.95 Å². The number of para-hydroxylation sites is 4. The molecule has 0 spiro atoms. The van der Waals surface area contributed by atoms with E-state index >= 15 is 0 Å². The Balaban J connectivity index is 1.35. The summed E-state index contributed by atoms with van der Waals surface area (Å²) < 4.78 is 73.7. The van der Waals surface area contributed by atoms with Crippen LogP contribution in [0.15, 0.2) is 168 Å².